The zero-order chi connectivity index (χ0) is 26.8. The van der Waals surface area contributed by atoms with Crippen LogP contribution in [0.5, 0.6) is 0 Å². The fourth-order valence-corrected chi connectivity index (χ4v) is 3.56. The second-order valence-electron chi connectivity index (χ2n) is 7.81. The van der Waals surface area contributed by atoms with Crippen LogP contribution in [0, 0.1) is 6.92 Å². The lowest BCUT2D eigenvalue weighted by Crippen LogP contribution is -2.36. The molecule has 3 rings (SSSR count). The van der Waals surface area contributed by atoms with Crippen molar-refractivity contribution in [1.29, 1.82) is 0 Å². The maximum atomic E-state index is 13.2. The summed E-state index contributed by atoms with van der Waals surface area (Å²) < 4.78 is 84.0. The number of benzene rings is 3. The highest BCUT2D eigenvalue weighted by Crippen LogP contribution is 2.37. The summed E-state index contributed by atoms with van der Waals surface area (Å²) in [6.45, 7) is 1.71. The van der Waals surface area contributed by atoms with Gasteiger partial charge in [0.05, 0.1) is 23.8 Å². The van der Waals surface area contributed by atoms with Gasteiger partial charge in [-0.1, -0.05) is 30.3 Å². The van der Waals surface area contributed by atoms with Gasteiger partial charge < -0.3 is 21.5 Å². The molecule has 0 spiro atoms. The van der Waals surface area contributed by atoms with E-state index >= 15 is 0 Å². The molecule has 0 saturated carbocycles. The SMILES string of the molecule is COC(=O)c1ccc(/C(N)=c2\cccc\c2=C(\N)Nc2cc(C(F)(F)F)cc(C(F)(F)F)c2)c(C)c1. The van der Waals surface area contributed by atoms with Crippen LogP contribution in [0.25, 0.3) is 11.5 Å². The van der Waals surface area contributed by atoms with Crippen molar-refractivity contribution in [3.8, 4) is 0 Å². The summed E-state index contributed by atoms with van der Waals surface area (Å²) in [6, 6.07) is 12.1. The lowest BCUT2D eigenvalue weighted by molar-refractivity contribution is -0.143. The third kappa shape index (κ3) is 5.73. The van der Waals surface area contributed by atoms with Crippen molar-refractivity contribution in [2.24, 2.45) is 11.5 Å². The van der Waals surface area contributed by atoms with Crippen LogP contribution in [-0.2, 0) is 17.1 Å². The summed E-state index contributed by atoms with van der Waals surface area (Å²) in [4.78, 5) is 11.8. The van der Waals surface area contributed by atoms with Gasteiger partial charge in [0, 0.05) is 27.4 Å². The van der Waals surface area contributed by atoms with Gasteiger partial charge >= 0.3 is 18.3 Å². The fourth-order valence-electron chi connectivity index (χ4n) is 3.56. The second-order valence-corrected chi connectivity index (χ2v) is 7.81. The van der Waals surface area contributed by atoms with Crippen molar-refractivity contribution in [2.75, 3.05) is 12.4 Å². The number of carbonyl (C=O) groups is 1. The molecule has 0 aliphatic carbocycles. The Hall–Kier alpha value is -4.15. The maximum Gasteiger partial charge on any atom is 0.416 e. The molecule has 3 aromatic rings. The van der Waals surface area contributed by atoms with E-state index in [-0.39, 0.29) is 22.8 Å². The number of hydrogen-bond acceptors (Lipinski definition) is 5. The van der Waals surface area contributed by atoms with Crippen molar-refractivity contribution in [1.82, 2.24) is 0 Å². The number of carbonyl (C=O) groups excluding carboxylic acids is 1. The third-order valence-corrected chi connectivity index (χ3v) is 5.31. The molecule has 0 unspecified atom stereocenters. The Kier molecular flexibility index (Phi) is 7.23. The van der Waals surface area contributed by atoms with Gasteiger partial charge in [-0.2, -0.15) is 26.3 Å². The van der Waals surface area contributed by atoms with Crippen LogP contribution >= 0.6 is 0 Å². The predicted octanol–water partition coefficient (Wildman–Crippen LogP) is 4.07. The number of alkyl halides is 6. The molecule has 0 saturated heterocycles. The van der Waals surface area contributed by atoms with Gasteiger partial charge in [-0.05, 0) is 42.8 Å². The zero-order valence-corrected chi connectivity index (χ0v) is 19.0. The number of esters is 1. The molecule has 5 nitrogen and oxygen atoms in total. The Morgan fingerprint density at radius 2 is 1.39 bits per heavy atom. The zero-order valence-electron chi connectivity index (χ0n) is 19.0. The van der Waals surface area contributed by atoms with Gasteiger partial charge in [-0.15, -0.1) is 0 Å². The molecular weight excluding hydrogens is 488 g/mol. The number of nitrogens with two attached hydrogens (primary N) is 2. The summed E-state index contributed by atoms with van der Waals surface area (Å²) in [5.74, 6) is -0.755. The Labute approximate surface area is 201 Å². The average molecular weight is 509 g/mol. The fraction of sp³-hybridized carbons (Fsp3) is 0.160. The maximum absolute atomic E-state index is 13.2. The van der Waals surface area contributed by atoms with Crippen molar-refractivity contribution >= 4 is 23.2 Å². The van der Waals surface area contributed by atoms with E-state index in [0.29, 0.717) is 34.0 Å². The first-order valence-corrected chi connectivity index (χ1v) is 10.3. The minimum atomic E-state index is -5.00. The van der Waals surface area contributed by atoms with Gasteiger partial charge in [0.25, 0.3) is 0 Å². The molecule has 0 fully saturated rings. The first-order chi connectivity index (χ1) is 16.7. The highest BCUT2D eigenvalue weighted by molar-refractivity contribution is 5.90. The van der Waals surface area contributed by atoms with Crippen LogP contribution < -0.4 is 27.2 Å². The van der Waals surface area contributed by atoms with Crippen LogP contribution in [0.15, 0.2) is 60.7 Å². The molecule has 11 heteroatoms. The number of hydrogen-bond donors (Lipinski definition) is 3. The number of nitrogens with one attached hydrogen (secondary N) is 1. The Morgan fingerprint density at radius 3 is 1.89 bits per heavy atom. The average Bonchev–Trinajstić information content (AvgIpc) is 2.81. The molecular formula is C25H21F6N3O2. The highest BCUT2D eigenvalue weighted by Gasteiger charge is 2.37. The minimum Gasteiger partial charge on any atom is -0.465 e. The molecule has 0 aromatic heterocycles. The van der Waals surface area contributed by atoms with Gasteiger partial charge in [0.1, 0.15) is 5.82 Å². The normalized spacial score (nSPS) is 13.7. The van der Waals surface area contributed by atoms with E-state index in [1.54, 1.807) is 37.3 Å². The summed E-state index contributed by atoms with van der Waals surface area (Å²) in [5, 5.41) is 3.06. The summed E-state index contributed by atoms with van der Waals surface area (Å²) in [7, 11) is 1.25. The Balaban J connectivity index is 2.18. The number of ether oxygens (including phenoxy) is 1. The van der Waals surface area contributed by atoms with Crippen molar-refractivity contribution in [2.45, 2.75) is 19.3 Å². The van der Waals surface area contributed by atoms with E-state index < -0.39 is 35.1 Å². The summed E-state index contributed by atoms with van der Waals surface area (Å²) in [5.41, 5.74) is 10.7. The molecule has 0 atom stereocenters. The van der Waals surface area contributed by atoms with E-state index in [1.807, 2.05) is 0 Å². The number of aryl methyl sites for hydroxylation is 1. The van der Waals surface area contributed by atoms with Gasteiger partial charge in [-0.25, -0.2) is 4.79 Å². The highest BCUT2D eigenvalue weighted by atomic mass is 19.4. The van der Waals surface area contributed by atoms with Crippen LogP contribution in [0.3, 0.4) is 0 Å². The number of rotatable bonds is 4. The van der Waals surface area contributed by atoms with E-state index in [1.165, 1.54) is 19.2 Å². The molecule has 36 heavy (non-hydrogen) atoms. The van der Waals surface area contributed by atoms with Gasteiger partial charge in [0.2, 0.25) is 0 Å². The van der Waals surface area contributed by atoms with Crippen molar-refractivity contribution in [3.05, 3.63) is 98.9 Å². The Bertz CT molecular complexity index is 1400. The first-order valence-electron chi connectivity index (χ1n) is 10.3. The van der Waals surface area contributed by atoms with E-state index in [2.05, 4.69) is 5.32 Å². The van der Waals surface area contributed by atoms with E-state index in [4.69, 9.17) is 16.2 Å². The van der Waals surface area contributed by atoms with Crippen LogP contribution in [0.4, 0.5) is 32.0 Å². The molecule has 0 heterocycles. The monoisotopic (exact) mass is 509 g/mol. The third-order valence-electron chi connectivity index (χ3n) is 5.31. The largest absolute Gasteiger partial charge is 0.465 e. The first kappa shape index (κ1) is 26.5. The van der Waals surface area contributed by atoms with Gasteiger partial charge in [-0.3, -0.25) is 0 Å². The lowest BCUT2D eigenvalue weighted by atomic mass is 10.0. The molecule has 5 N–H and O–H groups in total. The van der Waals surface area contributed by atoms with Crippen LogP contribution in [0.1, 0.15) is 32.6 Å². The van der Waals surface area contributed by atoms with E-state index in [9.17, 15) is 31.1 Å². The topological polar surface area (TPSA) is 90.4 Å². The second kappa shape index (κ2) is 9.84. The number of halogens is 6. The van der Waals surface area contributed by atoms with E-state index in [0.717, 1.165) is 0 Å². The molecule has 3 aromatic carbocycles. The molecule has 0 aliphatic heterocycles. The van der Waals surface area contributed by atoms with Crippen molar-refractivity contribution in [3.63, 3.8) is 0 Å². The summed E-state index contributed by atoms with van der Waals surface area (Å²) >= 11 is 0. The smallest absolute Gasteiger partial charge is 0.416 e. The quantitative estimate of drug-likeness (QED) is 0.365. The van der Waals surface area contributed by atoms with Gasteiger partial charge in [0.15, 0.2) is 0 Å². The molecule has 0 aliphatic rings. The Morgan fingerprint density at radius 1 is 0.833 bits per heavy atom. The molecule has 0 amide bonds. The number of methoxy groups -OCH3 is 1. The predicted molar refractivity (Wildman–Crippen MR) is 123 cm³/mol. The molecule has 0 radical (unpaired) electrons. The lowest BCUT2D eigenvalue weighted by Gasteiger charge is -2.15. The summed E-state index contributed by atoms with van der Waals surface area (Å²) in [6.07, 6.45) is -10.0. The molecule has 190 valence electrons. The minimum absolute atomic E-state index is 0.0296. The van der Waals surface area contributed by atoms with Crippen LogP contribution in [-0.4, -0.2) is 13.1 Å². The number of anilines is 1. The van der Waals surface area contributed by atoms with Crippen LogP contribution in [0.2, 0.25) is 0 Å². The standard InChI is InChI=1S/C25H21F6N3O2/c1-13-9-14(23(35)36-2)7-8-18(13)21(32)19-5-3-4-6-20(19)22(33)34-17-11-15(24(26,27)28)10-16(12-17)25(29,30)31/h3-12,34H,32-33H2,1-2H3/b21-19-,22-20+. The molecule has 0 bridgehead atoms. The van der Waals surface area contributed by atoms with Crippen molar-refractivity contribution < 1.29 is 35.9 Å².